The van der Waals surface area contributed by atoms with Gasteiger partial charge in [-0.3, -0.25) is 0 Å². The van der Waals surface area contributed by atoms with E-state index in [2.05, 4.69) is 0 Å². The lowest BCUT2D eigenvalue weighted by atomic mass is 10.2. The summed E-state index contributed by atoms with van der Waals surface area (Å²) in [4.78, 5) is 0. The summed E-state index contributed by atoms with van der Waals surface area (Å²) in [7, 11) is -13.9. The third-order valence-corrected chi connectivity index (χ3v) is 6.38. The van der Waals surface area contributed by atoms with Crippen molar-refractivity contribution in [3.05, 3.63) is 0 Å². The van der Waals surface area contributed by atoms with Crippen molar-refractivity contribution in [3.63, 3.8) is 0 Å². The van der Waals surface area contributed by atoms with E-state index in [1.807, 2.05) is 0 Å². The molecule has 128 valence electrons. The fraction of sp³-hybridized carbons (Fsp3) is 1.00. The van der Waals surface area contributed by atoms with Crippen molar-refractivity contribution in [2.24, 2.45) is 0 Å². The molecule has 1 atom stereocenters. The fourth-order valence-corrected chi connectivity index (χ4v) is 4.41. The fourth-order valence-electron chi connectivity index (χ4n) is 1.10. The molecule has 0 amide bonds. The van der Waals surface area contributed by atoms with Crippen LogP contribution in [0.15, 0.2) is 0 Å². The average Bonchev–Trinajstić information content (AvgIpc) is 2.25. The maximum Gasteiger partial charge on any atom is 0.512 e. The van der Waals surface area contributed by atoms with Crippen molar-refractivity contribution in [1.82, 2.24) is 9.19 Å². The first-order valence-electron chi connectivity index (χ1n) is 4.83. The lowest BCUT2D eigenvalue weighted by molar-refractivity contribution is -0.0642. The van der Waals surface area contributed by atoms with Gasteiger partial charge in [0.05, 0.1) is 0 Å². The van der Waals surface area contributed by atoms with E-state index in [1.165, 1.54) is 0 Å². The third kappa shape index (κ3) is 3.41. The Kier molecular flexibility index (Phi) is 5.36. The molecule has 21 heavy (non-hydrogen) atoms. The number of hydrogen-bond acceptors (Lipinski definition) is 6. The molecule has 0 rings (SSSR count). The minimum absolute atomic E-state index is 0.333. The number of nitrogens with one attached hydrogen (secondary N) is 1. The van der Waals surface area contributed by atoms with Gasteiger partial charge in [-0.2, -0.15) is 31.8 Å². The van der Waals surface area contributed by atoms with Gasteiger partial charge in [0.15, 0.2) is 0 Å². The van der Waals surface area contributed by atoms with Gasteiger partial charge >= 0.3 is 31.1 Å². The van der Waals surface area contributed by atoms with Crippen LogP contribution in [0.1, 0.15) is 20.3 Å². The first-order chi connectivity index (χ1) is 8.99. The van der Waals surface area contributed by atoms with E-state index in [-0.39, 0.29) is 0 Å². The summed E-state index contributed by atoms with van der Waals surface area (Å²) >= 11 is 0. The SMILES string of the molecule is CCC(C)(NO)N(S(=O)(=O)C(F)(F)F)S(=O)(=O)C(F)(F)F. The molecule has 0 saturated heterocycles. The molecule has 1 unspecified atom stereocenters. The highest BCUT2D eigenvalue weighted by atomic mass is 32.3. The zero-order chi connectivity index (χ0) is 17.5. The molecule has 0 aliphatic rings. The van der Waals surface area contributed by atoms with E-state index in [4.69, 9.17) is 5.21 Å². The van der Waals surface area contributed by atoms with Gasteiger partial charge in [-0.1, -0.05) is 10.6 Å². The van der Waals surface area contributed by atoms with E-state index < -0.39 is 46.9 Å². The van der Waals surface area contributed by atoms with Crippen LogP contribution in [-0.4, -0.2) is 42.4 Å². The lowest BCUT2D eigenvalue weighted by Crippen LogP contribution is -2.64. The number of alkyl halides is 6. The highest BCUT2D eigenvalue weighted by Gasteiger charge is 2.66. The molecule has 0 aromatic rings. The third-order valence-electron chi connectivity index (χ3n) is 2.35. The molecule has 0 aliphatic carbocycles. The summed E-state index contributed by atoms with van der Waals surface area (Å²) in [6.45, 7) is 1.19. The zero-order valence-corrected chi connectivity index (χ0v) is 12.0. The topological polar surface area (TPSA) is 104 Å². The van der Waals surface area contributed by atoms with Crippen molar-refractivity contribution >= 4 is 20.0 Å². The van der Waals surface area contributed by atoms with Crippen molar-refractivity contribution in [2.45, 2.75) is 36.9 Å². The quantitative estimate of drug-likeness (QED) is 0.428. The number of rotatable bonds is 5. The van der Waals surface area contributed by atoms with Crippen LogP contribution < -0.4 is 5.48 Å². The van der Waals surface area contributed by atoms with E-state index in [9.17, 15) is 43.2 Å². The minimum atomic E-state index is -6.96. The number of sulfonamides is 2. The molecular formula is C6H10F6N2O5S2. The maximum atomic E-state index is 12.4. The van der Waals surface area contributed by atoms with Crippen LogP contribution in [0, 0.1) is 0 Å². The van der Waals surface area contributed by atoms with Gasteiger partial charge < -0.3 is 5.21 Å². The Morgan fingerprint density at radius 2 is 1.24 bits per heavy atom. The Balaban J connectivity index is 6.64. The van der Waals surface area contributed by atoms with E-state index in [1.54, 1.807) is 0 Å². The molecule has 0 fully saturated rings. The smallest absolute Gasteiger partial charge is 0.315 e. The van der Waals surface area contributed by atoms with Gasteiger partial charge in [-0.05, 0) is 13.3 Å². The van der Waals surface area contributed by atoms with Gasteiger partial charge in [-0.25, -0.2) is 16.8 Å². The molecule has 0 spiro atoms. The average molecular weight is 368 g/mol. The van der Waals surface area contributed by atoms with Crippen LogP contribution in [0.2, 0.25) is 0 Å². The van der Waals surface area contributed by atoms with Crippen LogP contribution in [0.4, 0.5) is 26.3 Å². The zero-order valence-electron chi connectivity index (χ0n) is 10.3. The molecule has 15 heteroatoms. The first-order valence-corrected chi connectivity index (χ1v) is 7.71. The Hall–Kier alpha value is -0.640. The van der Waals surface area contributed by atoms with Gasteiger partial charge in [0.2, 0.25) is 0 Å². The Bertz CT molecular complexity index is 532. The molecule has 2 N–H and O–H groups in total. The second kappa shape index (κ2) is 5.53. The largest absolute Gasteiger partial charge is 0.512 e. The van der Waals surface area contributed by atoms with Crippen LogP contribution in [0.25, 0.3) is 0 Å². The van der Waals surface area contributed by atoms with Gasteiger partial charge in [0, 0.05) is 0 Å². The van der Waals surface area contributed by atoms with E-state index >= 15 is 0 Å². The summed E-state index contributed by atoms with van der Waals surface area (Å²) < 4.78 is 118. The molecular weight excluding hydrogens is 358 g/mol. The number of nitrogens with zero attached hydrogens (tertiary/aromatic N) is 1. The van der Waals surface area contributed by atoms with Crippen molar-refractivity contribution in [3.8, 4) is 0 Å². The summed E-state index contributed by atoms with van der Waals surface area (Å²) in [6, 6.07) is 0. The minimum Gasteiger partial charge on any atom is -0.315 e. The highest BCUT2D eigenvalue weighted by molar-refractivity contribution is 8.04. The predicted octanol–water partition coefficient (Wildman–Crippen LogP) is 1.09. The monoisotopic (exact) mass is 368 g/mol. The molecule has 0 aromatic heterocycles. The first kappa shape index (κ1) is 20.4. The highest BCUT2D eigenvalue weighted by Crippen LogP contribution is 2.39. The van der Waals surface area contributed by atoms with Crippen LogP contribution in [0.3, 0.4) is 0 Å². The maximum absolute atomic E-state index is 12.4. The van der Waals surface area contributed by atoms with Gasteiger partial charge in [0.1, 0.15) is 5.66 Å². The van der Waals surface area contributed by atoms with E-state index in [0.717, 1.165) is 12.4 Å². The molecule has 0 radical (unpaired) electrons. The molecule has 7 nitrogen and oxygen atoms in total. The number of hydroxylamine groups is 1. The molecule has 0 aliphatic heterocycles. The van der Waals surface area contributed by atoms with Gasteiger partial charge in [0.25, 0.3) is 0 Å². The van der Waals surface area contributed by atoms with E-state index in [0.29, 0.717) is 6.92 Å². The molecule has 0 bridgehead atoms. The summed E-state index contributed by atoms with van der Waals surface area (Å²) in [6.07, 6.45) is -0.936. The second-order valence-corrected chi connectivity index (χ2v) is 7.63. The second-order valence-electron chi connectivity index (χ2n) is 3.84. The van der Waals surface area contributed by atoms with Gasteiger partial charge in [-0.15, -0.1) is 0 Å². The molecule has 0 aromatic carbocycles. The van der Waals surface area contributed by atoms with Crippen molar-refractivity contribution in [2.75, 3.05) is 0 Å². The predicted molar refractivity (Wildman–Crippen MR) is 55.4 cm³/mol. The van der Waals surface area contributed by atoms with Crippen LogP contribution in [0.5, 0.6) is 0 Å². The number of halogens is 6. The summed E-state index contributed by atoms with van der Waals surface area (Å²) in [5.41, 5.74) is -14.9. The Labute approximate surface area is 115 Å². The molecule has 0 saturated carbocycles. The van der Waals surface area contributed by atoms with Crippen LogP contribution in [-0.2, 0) is 20.0 Å². The standard InChI is InChI=1S/C6H10F6N2O5S2/c1-3-4(2,13-15)14(20(16,17)5(7,8)9)21(18,19)6(10,11)12/h13,15H,3H2,1-2H3. The molecule has 0 heterocycles. The van der Waals surface area contributed by atoms with Crippen molar-refractivity contribution < 1.29 is 48.4 Å². The summed E-state index contributed by atoms with van der Waals surface area (Å²) in [5.74, 6) is 0. The normalized spacial score (nSPS) is 17.8. The number of hydrogen-bond donors (Lipinski definition) is 2. The van der Waals surface area contributed by atoms with Crippen molar-refractivity contribution in [1.29, 1.82) is 0 Å². The van der Waals surface area contributed by atoms with Crippen LogP contribution >= 0.6 is 0 Å². The Morgan fingerprint density at radius 1 is 0.952 bits per heavy atom. The Morgan fingerprint density at radius 3 is 1.38 bits per heavy atom. The summed E-state index contributed by atoms with van der Waals surface area (Å²) in [5, 5.41) is 8.66. The lowest BCUT2D eigenvalue weighted by Gasteiger charge is -2.37.